The Morgan fingerprint density at radius 3 is 2.59 bits per heavy atom. The van der Waals surface area contributed by atoms with Crippen molar-refractivity contribution in [3.63, 3.8) is 0 Å². The zero-order valence-corrected chi connectivity index (χ0v) is 16.1. The molecular weight excluding hydrogens is 363 g/mol. The predicted molar refractivity (Wildman–Crippen MR) is 106 cm³/mol. The van der Waals surface area contributed by atoms with Gasteiger partial charge in [-0.15, -0.1) is 0 Å². The summed E-state index contributed by atoms with van der Waals surface area (Å²) in [6.07, 6.45) is 4.44. The van der Waals surface area contributed by atoms with E-state index in [9.17, 15) is 12.8 Å². The highest BCUT2D eigenvalue weighted by Crippen LogP contribution is 2.31. The maximum Gasteiger partial charge on any atom is 0.243 e. The van der Waals surface area contributed by atoms with E-state index >= 15 is 0 Å². The second-order valence-corrected chi connectivity index (χ2v) is 8.92. The molecule has 1 aromatic heterocycles. The minimum Gasteiger partial charge on any atom is -0.360 e. The number of sulfonamides is 1. The van der Waals surface area contributed by atoms with Gasteiger partial charge >= 0.3 is 0 Å². The molecule has 0 spiro atoms. The number of aryl methyl sites for hydroxylation is 2. The molecule has 1 N–H and O–H groups in total. The highest BCUT2D eigenvalue weighted by Gasteiger charge is 2.27. The molecule has 0 unspecified atom stereocenters. The summed E-state index contributed by atoms with van der Waals surface area (Å²) in [7, 11) is -3.51. The van der Waals surface area contributed by atoms with Crippen molar-refractivity contribution in [3.8, 4) is 0 Å². The Kier molecular flexibility index (Phi) is 4.40. The Labute approximate surface area is 158 Å². The smallest absolute Gasteiger partial charge is 0.243 e. The molecule has 0 aliphatic carbocycles. The van der Waals surface area contributed by atoms with Crippen LogP contribution in [0.1, 0.15) is 23.1 Å². The summed E-state index contributed by atoms with van der Waals surface area (Å²) in [5, 5.41) is 0.952. The maximum absolute atomic E-state index is 13.4. The molecule has 27 heavy (non-hydrogen) atoms. The highest BCUT2D eigenvalue weighted by atomic mass is 32.2. The van der Waals surface area contributed by atoms with E-state index < -0.39 is 10.0 Å². The van der Waals surface area contributed by atoms with Gasteiger partial charge < -0.3 is 4.98 Å². The monoisotopic (exact) mass is 384 g/mol. The number of aromatic nitrogens is 1. The molecule has 2 aromatic carbocycles. The Bertz CT molecular complexity index is 1160. The van der Waals surface area contributed by atoms with Crippen LogP contribution in [0.25, 0.3) is 16.5 Å². The molecule has 0 saturated heterocycles. The van der Waals surface area contributed by atoms with Crippen LogP contribution in [-0.4, -0.2) is 30.8 Å². The Morgan fingerprint density at radius 2 is 1.89 bits per heavy atom. The lowest BCUT2D eigenvalue weighted by atomic mass is 10.00. The van der Waals surface area contributed by atoms with E-state index in [1.165, 1.54) is 16.4 Å². The average Bonchev–Trinajstić information content (AvgIpc) is 3.07. The van der Waals surface area contributed by atoms with Gasteiger partial charge in [0.05, 0.1) is 4.90 Å². The van der Waals surface area contributed by atoms with Crippen LogP contribution in [0.3, 0.4) is 0 Å². The lowest BCUT2D eigenvalue weighted by Crippen LogP contribution is -2.34. The first kappa shape index (κ1) is 17.9. The minimum atomic E-state index is -3.51. The molecule has 3 aromatic rings. The van der Waals surface area contributed by atoms with E-state index in [0.29, 0.717) is 24.4 Å². The number of fused-ring (bicyclic) bond motifs is 1. The standard InChI is InChI=1S/C21H21FN2O2S/c1-14-3-5-18(11-15(14)2)27(25,26)24-9-7-16(8-10-24)20-13-23-21-12-17(22)4-6-19(20)21/h3-7,11-13,23H,8-10H2,1-2H3. The Morgan fingerprint density at radius 1 is 1.07 bits per heavy atom. The van der Waals surface area contributed by atoms with Gasteiger partial charge in [0, 0.05) is 35.8 Å². The highest BCUT2D eigenvalue weighted by molar-refractivity contribution is 7.89. The summed E-state index contributed by atoms with van der Waals surface area (Å²) in [6, 6.07) is 9.93. The molecular formula is C21H21FN2O2S. The van der Waals surface area contributed by atoms with Gasteiger partial charge in [0.25, 0.3) is 0 Å². The third-order valence-corrected chi connectivity index (χ3v) is 7.14. The van der Waals surface area contributed by atoms with Crippen molar-refractivity contribution >= 4 is 26.5 Å². The predicted octanol–water partition coefficient (Wildman–Crippen LogP) is 4.40. The van der Waals surface area contributed by atoms with E-state index in [0.717, 1.165) is 33.2 Å². The number of benzene rings is 2. The Hall–Kier alpha value is -2.44. The van der Waals surface area contributed by atoms with E-state index in [-0.39, 0.29) is 5.82 Å². The van der Waals surface area contributed by atoms with Crippen LogP contribution >= 0.6 is 0 Å². The van der Waals surface area contributed by atoms with E-state index in [4.69, 9.17) is 0 Å². The molecule has 2 heterocycles. The zero-order chi connectivity index (χ0) is 19.2. The molecule has 6 heteroatoms. The van der Waals surface area contributed by atoms with Gasteiger partial charge in [0.15, 0.2) is 0 Å². The SMILES string of the molecule is Cc1ccc(S(=O)(=O)N2CC=C(c3c[nH]c4cc(F)ccc34)CC2)cc1C. The van der Waals surface area contributed by atoms with Gasteiger partial charge in [-0.1, -0.05) is 12.1 Å². The summed E-state index contributed by atoms with van der Waals surface area (Å²) < 4.78 is 40.8. The molecule has 0 bridgehead atoms. The molecule has 140 valence electrons. The average molecular weight is 384 g/mol. The fourth-order valence-electron chi connectivity index (χ4n) is 3.50. The van der Waals surface area contributed by atoms with Crippen LogP contribution in [0.5, 0.6) is 0 Å². The topological polar surface area (TPSA) is 53.2 Å². The summed E-state index contributed by atoms with van der Waals surface area (Å²) in [6.45, 7) is 4.64. The first-order valence-corrected chi connectivity index (χ1v) is 10.3. The molecule has 0 atom stereocenters. The normalized spacial score (nSPS) is 15.9. The molecule has 1 aliphatic heterocycles. The third kappa shape index (κ3) is 3.19. The lowest BCUT2D eigenvalue weighted by molar-refractivity contribution is 0.441. The van der Waals surface area contributed by atoms with Crippen LogP contribution in [0.15, 0.2) is 53.6 Å². The van der Waals surface area contributed by atoms with Gasteiger partial charge in [0.1, 0.15) is 5.82 Å². The second-order valence-electron chi connectivity index (χ2n) is 6.98. The van der Waals surface area contributed by atoms with Crippen molar-refractivity contribution in [1.82, 2.24) is 9.29 Å². The molecule has 1 aliphatic rings. The number of nitrogens with one attached hydrogen (secondary N) is 1. The number of rotatable bonds is 3. The van der Waals surface area contributed by atoms with Crippen molar-refractivity contribution in [2.45, 2.75) is 25.2 Å². The molecule has 0 fully saturated rings. The van der Waals surface area contributed by atoms with Crippen molar-refractivity contribution < 1.29 is 12.8 Å². The number of hydrogen-bond acceptors (Lipinski definition) is 2. The van der Waals surface area contributed by atoms with Crippen molar-refractivity contribution in [2.24, 2.45) is 0 Å². The summed E-state index contributed by atoms with van der Waals surface area (Å²) in [5.74, 6) is -0.279. The first-order valence-electron chi connectivity index (χ1n) is 8.90. The summed E-state index contributed by atoms with van der Waals surface area (Å²) >= 11 is 0. The van der Waals surface area contributed by atoms with Crippen LogP contribution in [0, 0.1) is 19.7 Å². The minimum absolute atomic E-state index is 0.279. The van der Waals surface area contributed by atoms with Crippen molar-refractivity contribution in [2.75, 3.05) is 13.1 Å². The van der Waals surface area contributed by atoms with Gasteiger partial charge in [-0.2, -0.15) is 4.31 Å². The summed E-state index contributed by atoms with van der Waals surface area (Å²) in [4.78, 5) is 3.43. The van der Waals surface area contributed by atoms with Crippen LogP contribution in [-0.2, 0) is 10.0 Å². The van der Waals surface area contributed by atoms with Crippen molar-refractivity contribution in [1.29, 1.82) is 0 Å². The number of hydrogen-bond donors (Lipinski definition) is 1. The van der Waals surface area contributed by atoms with E-state index in [1.54, 1.807) is 18.2 Å². The fraction of sp³-hybridized carbons (Fsp3) is 0.238. The third-order valence-electron chi connectivity index (χ3n) is 5.28. The van der Waals surface area contributed by atoms with Gasteiger partial charge in [-0.3, -0.25) is 0 Å². The molecule has 0 saturated carbocycles. The molecule has 0 amide bonds. The van der Waals surface area contributed by atoms with Gasteiger partial charge in [0.2, 0.25) is 10.0 Å². The quantitative estimate of drug-likeness (QED) is 0.728. The lowest BCUT2D eigenvalue weighted by Gasteiger charge is -2.26. The van der Waals surface area contributed by atoms with Crippen LogP contribution in [0.2, 0.25) is 0 Å². The molecule has 4 rings (SSSR count). The second kappa shape index (κ2) is 6.62. The van der Waals surface area contributed by atoms with E-state index in [1.807, 2.05) is 32.2 Å². The summed E-state index contributed by atoms with van der Waals surface area (Å²) in [5.41, 5.74) is 4.88. The number of aromatic amines is 1. The molecule has 4 nitrogen and oxygen atoms in total. The van der Waals surface area contributed by atoms with Crippen molar-refractivity contribution in [3.05, 3.63) is 71.2 Å². The maximum atomic E-state index is 13.4. The number of H-pyrrole nitrogens is 1. The molecule has 0 radical (unpaired) electrons. The van der Waals surface area contributed by atoms with Crippen LogP contribution in [0.4, 0.5) is 4.39 Å². The first-order chi connectivity index (χ1) is 12.9. The largest absolute Gasteiger partial charge is 0.360 e. The van der Waals surface area contributed by atoms with Crippen LogP contribution < -0.4 is 0 Å². The fourth-order valence-corrected chi connectivity index (χ4v) is 4.97. The zero-order valence-electron chi connectivity index (χ0n) is 15.3. The number of nitrogens with zero attached hydrogens (tertiary/aromatic N) is 1. The van der Waals surface area contributed by atoms with Gasteiger partial charge in [-0.25, -0.2) is 12.8 Å². The van der Waals surface area contributed by atoms with E-state index in [2.05, 4.69) is 4.98 Å². The van der Waals surface area contributed by atoms with Gasteiger partial charge in [-0.05, 0) is 67.3 Å². The number of halogens is 1. The Balaban J connectivity index is 1.61.